The summed E-state index contributed by atoms with van der Waals surface area (Å²) >= 11 is 9.63. The summed E-state index contributed by atoms with van der Waals surface area (Å²) in [6.07, 6.45) is 1.08. The predicted octanol–water partition coefficient (Wildman–Crippen LogP) is 4.50. The molecule has 0 bridgehead atoms. The number of nitro groups is 1. The maximum atomic E-state index is 11.0. The van der Waals surface area contributed by atoms with Gasteiger partial charge in [-0.2, -0.15) is 0 Å². The van der Waals surface area contributed by atoms with E-state index in [-0.39, 0.29) is 5.69 Å². The fourth-order valence-electron chi connectivity index (χ4n) is 3.09. The molecule has 0 unspecified atom stereocenters. The normalized spacial score (nSPS) is 16.9. The van der Waals surface area contributed by atoms with Crippen LogP contribution in [0.25, 0.3) is 0 Å². The van der Waals surface area contributed by atoms with Gasteiger partial charge in [0.1, 0.15) is 0 Å². The Hall–Kier alpha value is -1.63. The number of non-ortho nitro benzene ring substituents is 1. The van der Waals surface area contributed by atoms with Gasteiger partial charge in [-0.1, -0.05) is 29.8 Å². The lowest BCUT2D eigenvalue weighted by atomic mass is 9.84. The summed E-state index contributed by atoms with van der Waals surface area (Å²) in [5, 5.41) is 22.4. The van der Waals surface area contributed by atoms with E-state index in [0.717, 1.165) is 11.3 Å². The monoisotopic (exact) mass is 410 g/mol. The highest BCUT2D eigenvalue weighted by molar-refractivity contribution is 9.10. The number of nitrogens with zero attached hydrogens (tertiary/aromatic N) is 2. The van der Waals surface area contributed by atoms with E-state index in [1.165, 1.54) is 12.1 Å². The van der Waals surface area contributed by atoms with Gasteiger partial charge < -0.3 is 10.0 Å². The number of piperidine rings is 1. The molecule has 0 aromatic heterocycles. The fourth-order valence-corrected chi connectivity index (χ4v) is 4.02. The third kappa shape index (κ3) is 3.27. The van der Waals surface area contributed by atoms with Crippen LogP contribution in [0.2, 0.25) is 5.02 Å². The lowest BCUT2D eigenvalue weighted by Crippen LogP contribution is -2.43. The molecule has 0 amide bonds. The van der Waals surface area contributed by atoms with Gasteiger partial charge in [0.2, 0.25) is 0 Å². The van der Waals surface area contributed by atoms with Crippen LogP contribution in [0.1, 0.15) is 18.4 Å². The second-order valence-corrected chi connectivity index (χ2v) is 7.15. The number of aliphatic hydroxyl groups is 1. The molecule has 24 heavy (non-hydrogen) atoms. The van der Waals surface area contributed by atoms with Crippen LogP contribution in [-0.2, 0) is 5.60 Å². The summed E-state index contributed by atoms with van der Waals surface area (Å²) in [6, 6.07) is 12.1. The molecule has 1 aliphatic heterocycles. The number of hydrogen-bond acceptors (Lipinski definition) is 4. The minimum absolute atomic E-state index is 0.0511. The highest BCUT2D eigenvalue weighted by Gasteiger charge is 2.35. The van der Waals surface area contributed by atoms with Gasteiger partial charge in [0.15, 0.2) is 0 Å². The van der Waals surface area contributed by atoms with Crippen molar-refractivity contribution < 1.29 is 10.0 Å². The van der Waals surface area contributed by atoms with E-state index in [1.807, 2.05) is 18.2 Å². The van der Waals surface area contributed by atoms with Crippen molar-refractivity contribution in [3.8, 4) is 0 Å². The van der Waals surface area contributed by atoms with Gasteiger partial charge in [-0.3, -0.25) is 10.1 Å². The number of hydrogen-bond donors (Lipinski definition) is 1. The molecule has 1 aliphatic rings. The SMILES string of the molecule is O=[N+]([O-])c1ccc(N2CCC(O)(c3ccccc3Cl)CC2)c(Br)c1. The van der Waals surface area contributed by atoms with Crippen molar-refractivity contribution in [2.45, 2.75) is 18.4 Å². The van der Waals surface area contributed by atoms with Crippen molar-refractivity contribution in [3.63, 3.8) is 0 Å². The molecule has 0 saturated carbocycles. The quantitative estimate of drug-likeness (QED) is 0.596. The van der Waals surface area contributed by atoms with Crippen molar-refractivity contribution >= 4 is 38.9 Å². The first-order valence-electron chi connectivity index (χ1n) is 7.57. The molecule has 7 heteroatoms. The van der Waals surface area contributed by atoms with E-state index >= 15 is 0 Å². The van der Waals surface area contributed by atoms with Gasteiger partial charge >= 0.3 is 0 Å². The third-order valence-electron chi connectivity index (χ3n) is 4.45. The summed E-state index contributed by atoms with van der Waals surface area (Å²) in [4.78, 5) is 12.5. The zero-order valence-corrected chi connectivity index (χ0v) is 15.1. The fraction of sp³-hybridized carbons (Fsp3) is 0.294. The summed E-state index contributed by atoms with van der Waals surface area (Å²) in [7, 11) is 0. The lowest BCUT2D eigenvalue weighted by Gasteiger charge is -2.40. The number of anilines is 1. The second-order valence-electron chi connectivity index (χ2n) is 5.89. The van der Waals surface area contributed by atoms with Crippen molar-refractivity contribution in [1.82, 2.24) is 0 Å². The lowest BCUT2D eigenvalue weighted by molar-refractivity contribution is -0.384. The maximum absolute atomic E-state index is 11.0. The number of rotatable bonds is 3. The summed E-state index contributed by atoms with van der Waals surface area (Å²) in [5.41, 5.74) is 0.758. The number of nitro benzene ring substituents is 1. The van der Waals surface area contributed by atoms with Gasteiger partial charge in [-0.25, -0.2) is 0 Å². The average molecular weight is 412 g/mol. The molecule has 0 atom stereocenters. The minimum atomic E-state index is -0.942. The van der Waals surface area contributed by atoms with Gasteiger partial charge in [-0.05, 0) is 40.9 Å². The molecule has 126 valence electrons. The maximum Gasteiger partial charge on any atom is 0.270 e. The van der Waals surface area contributed by atoms with Gasteiger partial charge in [0.05, 0.1) is 16.2 Å². The Morgan fingerprint density at radius 1 is 1.21 bits per heavy atom. The first kappa shape index (κ1) is 17.2. The topological polar surface area (TPSA) is 66.6 Å². The Kier molecular flexibility index (Phi) is 4.80. The molecule has 0 spiro atoms. The van der Waals surface area contributed by atoms with E-state index in [4.69, 9.17) is 11.6 Å². The van der Waals surface area contributed by atoms with Gasteiger partial charge in [0.25, 0.3) is 5.69 Å². The number of benzene rings is 2. The summed E-state index contributed by atoms with van der Waals surface area (Å²) in [6.45, 7) is 1.27. The smallest absolute Gasteiger partial charge is 0.270 e. The zero-order valence-electron chi connectivity index (χ0n) is 12.8. The van der Waals surface area contributed by atoms with Crippen molar-refractivity contribution in [1.29, 1.82) is 0 Å². The molecule has 0 radical (unpaired) electrons. The first-order chi connectivity index (χ1) is 11.4. The Balaban J connectivity index is 1.78. The van der Waals surface area contributed by atoms with Crippen molar-refractivity contribution in [2.24, 2.45) is 0 Å². The van der Waals surface area contributed by atoms with Crippen molar-refractivity contribution in [2.75, 3.05) is 18.0 Å². The summed E-state index contributed by atoms with van der Waals surface area (Å²) < 4.78 is 0.680. The van der Waals surface area contributed by atoms with Crippen LogP contribution in [0.15, 0.2) is 46.9 Å². The second kappa shape index (κ2) is 6.70. The van der Waals surface area contributed by atoms with Crippen molar-refractivity contribution in [3.05, 3.63) is 67.6 Å². The molecule has 5 nitrogen and oxygen atoms in total. The van der Waals surface area contributed by atoms with Gasteiger partial charge in [0, 0.05) is 40.3 Å². The van der Waals surface area contributed by atoms with E-state index in [9.17, 15) is 15.2 Å². The minimum Gasteiger partial charge on any atom is -0.385 e. The molecule has 1 heterocycles. The molecular weight excluding hydrogens is 396 g/mol. The van der Waals surface area contributed by atoms with Crippen LogP contribution in [-0.4, -0.2) is 23.1 Å². The largest absolute Gasteiger partial charge is 0.385 e. The Morgan fingerprint density at radius 2 is 1.88 bits per heavy atom. The number of halogens is 2. The van der Waals surface area contributed by atoms with E-state index in [2.05, 4.69) is 20.8 Å². The molecule has 2 aromatic rings. The third-order valence-corrected chi connectivity index (χ3v) is 5.41. The molecule has 1 fully saturated rings. The molecule has 1 N–H and O–H groups in total. The van der Waals surface area contributed by atoms with Crippen LogP contribution >= 0.6 is 27.5 Å². The molecule has 0 aliphatic carbocycles. The average Bonchev–Trinajstić information content (AvgIpc) is 2.56. The standard InChI is InChI=1S/C17H16BrClN2O3/c18-14-11-12(21(23)24)5-6-16(14)20-9-7-17(22,8-10-20)13-3-1-2-4-15(13)19/h1-6,11,22H,7-10H2. The molecule has 3 rings (SSSR count). The Labute approximate surface area is 153 Å². The van der Waals surface area contributed by atoms with Crippen LogP contribution in [0.3, 0.4) is 0 Å². The Bertz CT molecular complexity index is 776. The van der Waals surface area contributed by atoms with Gasteiger partial charge in [-0.15, -0.1) is 0 Å². The molecular formula is C17H16BrClN2O3. The Morgan fingerprint density at radius 3 is 2.46 bits per heavy atom. The van der Waals surface area contributed by atoms with E-state index < -0.39 is 10.5 Å². The first-order valence-corrected chi connectivity index (χ1v) is 8.74. The zero-order chi connectivity index (χ0) is 17.3. The van der Waals surface area contributed by atoms with Crippen LogP contribution < -0.4 is 4.90 Å². The van der Waals surface area contributed by atoms with E-state index in [1.54, 1.807) is 12.1 Å². The van der Waals surface area contributed by atoms with Crippen LogP contribution in [0.5, 0.6) is 0 Å². The van der Waals surface area contributed by atoms with Crippen LogP contribution in [0.4, 0.5) is 11.4 Å². The highest BCUT2D eigenvalue weighted by atomic mass is 79.9. The van der Waals surface area contributed by atoms with Crippen LogP contribution in [0, 0.1) is 10.1 Å². The van der Waals surface area contributed by atoms with E-state index in [0.29, 0.717) is 35.4 Å². The molecule has 1 saturated heterocycles. The molecule has 2 aromatic carbocycles. The summed E-state index contributed by atoms with van der Waals surface area (Å²) in [5.74, 6) is 0. The predicted molar refractivity (Wildman–Crippen MR) is 97.6 cm³/mol. The highest BCUT2D eigenvalue weighted by Crippen LogP contribution is 2.39.